The lowest BCUT2D eigenvalue weighted by atomic mass is 10.2. The van der Waals surface area contributed by atoms with Crippen LogP contribution in [0.5, 0.6) is 0 Å². The van der Waals surface area contributed by atoms with Crippen LogP contribution in [-0.2, 0) is 0 Å². The third-order valence-corrected chi connectivity index (χ3v) is 2.18. The normalized spacial score (nSPS) is 10.4. The SMILES string of the molecule is Nc1noc(-c2cc(Br)ccc2N)n1. The maximum Gasteiger partial charge on any atom is 0.261 e. The van der Waals surface area contributed by atoms with E-state index in [2.05, 4.69) is 26.1 Å². The summed E-state index contributed by atoms with van der Waals surface area (Å²) < 4.78 is 5.79. The lowest BCUT2D eigenvalue weighted by Crippen LogP contribution is -1.90. The molecule has 2 rings (SSSR count). The standard InChI is InChI=1S/C8H7BrN4O/c9-4-1-2-6(10)5(3-4)7-12-8(11)13-14-7/h1-3H,10H2,(H2,11,13). The maximum atomic E-state index is 5.74. The highest BCUT2D eigenvalue weighted by atomic mass is 79.9. The number of halogens is 1. The molecule has 0 amide bonds. The zero-order chi connectivity index (χ0) is 10.1. The number of hydrogen-bond acceptors (Lipinski definition) is 5. The summed E-state index contributed by atoms with van der Waals surface area (Å²) in [5.74, 6) is 0.417. The molecule has 6 heteroatoms. The second kappa shape index (κ2) is 3.30. The summed E-state index contributed by atoms with van der Waals surface area (Å²) in [4.78, 5) is 3.88. The summed E-state index contributed by atoms with van der Waals surface area (Å²) in [6.07, 6.45) is 0. The Morgan fingerprint density at radius 1 is 1.29 bits per heavy atom. The molecule has 5 nitrogen and oxygen atoms in total. The van der Waals surface area contributed by atoms with Gasteiger partial charge in [0.05, 0.1) is 5.56 Å². The zero-order valence-electron chi connectivity index (χ0n) is 7.07. The van der Waals surface area contributed by atoms with Crippen LogP contribution in [0.2, 0.25) is 0 Å². The topological polar surface area (TPSA) is 91.0 Å². The van der Waals surface area contributed by atoms with Crippen molar-refractivity contribution in [3.63, 3.8) is 0 Å². The highest BCUT2D eigenvalue weighted by Gasteiger charge is 2.10. The molecule has 0 saturated carbocycles. The van der Waals surface area contributed by atoms with Crippen LogP contribution in [0.4, 0.5) is 11.6 Å². The van der Waals surface area contributed by atoms with Crippen LogP contribution in [0.25, 0.3) is 11.5 Å². The molecule has 0 aliphatic heterocycles. The van der Waals surface area contributed by atoms with Gasteiger partial charge in [0.1, 0.15) is 0 Å². The number of rotatable bonds is 1. The fourth-order valence-corrected chi connectivity index (χ4v) is 1.42. The average molecular weight is 255 g/mol. The highest BCUT2D eigenvalue weighted by molar-refractivity contribution is 9.10. The van der Waals surface area contributed by atoms with E-state index in [1.54, 1.807) is 12.1 Å². The summed E-state index contributed by atoms with van der Waals surface area (Å²) in [6, 6.07) is 5.38. The Bertz CT molecular complexity index is 468. The smallest absolute Gasteiger partial charge is 0.261 e. The third-order valence-electron chi connectivity index (χ3n) is 1.69. The van der Waals surface area contributed by atoms with E-state index in [0.29, 0.717) is 17.1 Å². The monoisotopic (exact) mass is 254 g/mol. The van der Waals surface area contributed by atoms with Crippen molar-refractivity contribution in [2.75, 3.05) is 11.5 Å². The molecule has 1 aromatic heterocycles. The molecule has 4 N–H and O–H groups in total. The van der Waals surface area contributed by atoms with Gasteiger partial charge in [-0.3, -0.25) is 0 Å². The van der Waals surface area contributed by atoms with E-state index in [9.17, 15) is 0 Å². The van der Waals surface area contributed by atoms with E-state index >= 15 is 0 Å². The fourth-order valence-electron chi connectivity index (χ4n) is 1.06. The van der Waals surface area contributed by atoms with E-state index in [1.807, 2.05) is 6.07 Å². The first-order valence-electron chi connectivity index (χ1n) is 3.81. The van der Waals surface area contributed by atoms with Crippen molar-refractivity contribution in [2.24, 2.45) is 0 Å². The number of nitrogens with zero attached hydrogens (tertiary/aromatic N) is 2. The molecule has 0 radical (unpaired) electrons. The Morgan fingerprint density at radius 2 is 2.07 bits per heavy atom. The minimum Gasteiger partial charge on any atom is -0.398 e. The first kappa shape index (κ1) is 9.01. The van der Waals surface area contributed by atoms with Crippen molar-refractivity contribution in [1.82, 2.24) is 10.1 Å². The van der Waals surface area contributed by atoms with Crippen LogP contribution in [0.1, 0.15) is 0 Å². The summed E-state index contributed by atoms with van der Waals surface area (Å²) in [5, 5.41) is 3.48. The number of anilines is 2. The zero-order valence-corrected chi connectivity index (χ0v) is 8.65. The average Bonchev–Trinajstić information content (AvgIpc) is 2.56. The molecule has 0 fully saturated rings. The van der Waals surface area contributed by atoms with E-state index in [-0.39, 0.29) is 5.95 Å². The van der Waals surface area contributed by atoms with Gasteiger partial charge in [-0.2, -0.15) is 4.98 Å². The van der Waals surface area contributed by atoms with E-state index in [1.165, 1.54) is 0 Å². The molecule has 14 heavy (non-hydrogen) atoms. The van der Waals surface area contributed by atoms with Gasteiger partial charge in [0, 0.05) is 10.2 Å². The quantitative estimate of drug-likeness (QED) is 0.756. The Kier molecular flexibility index (Phi) is 2.12. The summed E-state index contributed by atoms with van der Waals surface area (Å²) in [6.45, 7) is 0. The predicted molar refractivity (Wildman–Crippen MR) is 56.3 cm³/mol. The molecule has 0 bridgehead atoms. The molecular weight excluding hydrogens is 248 g/mol. The molecule has 0 spiro atoms. The first-order valence-corrected chi connectivity index (χ1v) is 4.60. The minimum absolute atomic E-state index is 0.0966. The van der Waals surface area contributed by atoms with Gasteiger partial charge in [-0.15, -0.1) is 0 Å². The first-order chi connectivity index (χ1) is 6.66. The van der Waals surface area contributed by atoms with Gasteiger partial charge in [0.2, 0.25) is 0 Å². The van der Waals surface area contributed by atoms with E-state index in [0.717, 1.165) is 4.47 Å². The molecule has 72 valence electrons. The summed E-state index contributed by atoms with van der Waals surface area (Å²) in [5.41, 5.74) is 12.3. The van der Waals surface area contributed by atoms with Crippen molar-refractivity contribution in [2.45, 2.75) is 0 Å². The third kappa shape index (κ3) is 1.56. The molecule has 2 aromatic rings. The molecule has 0 aliphatic carbocycles. The van der Waals surface area contributed by atoms with Gasteiger partial charge in [0.15, 0.2) is 0 Å². The Morgan fingerprint density at radius 3 is 2.71 bits per heavy atom. The largest absolute Gasteiger partial charge is 0.398 e. The molecule has 1 heterocycles. The lowest BCUT2D eigenvalue weighted by Gasteiger charge is -2.00. The van der Waals surface area contributed by atoms with Crippen LogP contribution in [0, 0.1) is 0 Å². The second-order valence-corrected chi connectivity index (χ2v) is 3.60. The number of aromatic nitrogens is 2. The molecule has 0 saturated heterocycles. The van der Waals surface area contributed by atoms with Crippen LogP contribution in [0.15, 0.2) is 27.2 Å². The summed E-state index contributed by atoms with van der Waals surface area (Å²) in [7, 11) is 0. The van der Waals surface area contributed by atoms with Gasteiger partial charge < -0.3 is 16.0 Å². The van der Waals surface area contributed by atoms with E-state index < -0.39 is 0 Å². The number of nitrogen functional groups attached to an aromatic ring is 2. The van der Waals surface area contributed by atoms with Crippen LogP contribution >= 0.6 is 15.9 Å². The molecular formula is C8H7BrN4O. The van der Waals surface area contributed by atoms with Gasteiger partial charge in [-0.05, 0) is 23.4 Å². The Balaban J connectivity index is 2.55. The van der Waals surface area contributed by atoms with Crippen molar-refractivity contribution in [1.29, 1.82) is 0 Å². The molecule has 0 atom stereocenters. The van der Waals surface area contributed by atoms with Crippen molar-refractivity contribution >= 4 is 27.6 Å². The van der Waals surface area contributed by atoms with Crippen molar-refractivity contribution in [3.05, 3.63) is 22.7 Å². The second-order valence-electron chi connectivity index (χ2n) is 2.69. The van der Waals surface area contributed by atoms with E-state index in [4.69, 9.17) is 16.0 Å². The molecule has 0 unspecified atom stereocenters. The Labute approximate surface area is 88.2 Å². The fraction of sp³-hybridized carbons (Fsp3) is 0. The maximum absolute atomic E-state index is 5.74. The van der Waals surface area contributed by atoms with Crippen LogP contribution in [-0.4, -0.2) is 10.1 Å². The predicted octanol–water partition coefficient (Wildman–Crippen LogP) is 1.66. The van der Waals surface area contributed by atoms with Crippen LogP contribution in [0.3, 0.4) is 0 Å². The van der Waals surface area contributed by atoms with Crippen molar-refractivity contribution < 1.29 is 4.52 Å². The number of hydrogen-bond donors (Lipinski definition) is 2. The summed E-state index contributed by atoms with van der Waals surface area (Å²) >= 11 is 3.32. The number of nitrogens with two attached hydrogens (primary N) is 2. The van der Waals surface area contributed by atoms with Crippen LogP contribution < -0.4 is 11.5 Å². The Hall–Kier alpha value is -1.56. The highest BCUT2D eigenvalue weighted by Crippen LogP contribution is 2.27. The van der Waals surface area contributed by atoms with Gasteiger partial charge in [-0.25, -0.2) is 0 Å². The molecule has 0 aliphatic rings. The van der Waals surface area contributed by atoms with Crippen molar-refractivity contribution in [3.8, 4) is 11.5 Å². The minimum atomic E-state index is 0.0966. The van der Waals surface area contributed by atoms with Gasteiger partial charge in [-0.1, -0.05) is 15.9 Å². The number of benzene rings is 1. The van der Waals surface area contributed by atoms with Gasteiger partial charge in [0.25, 0.3) is 11.8 Å². The lowest BCUT2D eigenvalue weighted by molar-refractivity contribution is 0.433. The van der Waals surface area contributed by atoms with Gasteiger partial charge >= 0.3 is 0 Å². The molecule has 1 aromatic carbocycles.